The number of alkyl halides is 2. The van der Waals surface area contributed by atoms with Crippen LogP contribution in [0, 0.1) is 0 Å². The maximum atomic E-state index is 12.5. The molecule has 1 amide bonds. The van der Waals surface area contributed by atoms with Crippen LogP contribution < -0.4 is 15.1 Å². The zero-order valence-corrected chi connectivity index (χ0v) is 15.2. The van der Waals surface area contributed by atoms with Crippen molar-refractivity contribution in [3.05, 3.63) is 59.7 Å². The summed E-state index contributed by atoms with van der Waals surface area (Å²) >= 11 is 0. The summed E-state index contributed by atoms with van der Waals surface area (Å²) in [7, 11) is 0. The third-order valence-electron chi connectivity index (χ3n) is 4.34. The van der Waals surface area contributed by atoms with E-state index in [9.17, 15) is 13.6 Å². The summed E-state index contributed by atoms with van der Waals surface area (Å²) in [6, 6.07) is 13.2. The summed E-state index contributed by atoms with van der Waals surface area (Å²) in [6.45, 7) is 1.73. The molecule has 5 nitrogen and oxygen atoms in total. The number of carbonyl (C=O) groups is 1. The lowest BCUT2D eigenvalue weighted by Crippen LogP contribution is -2.26. The van der Waals surface area contributed by atoms with Gasteiger partial charge in [0.2, 0.25) is 0 Å². The van der Waals surface area contributed by atoms with Gasteiger partial charge in [0.25, 0.3) is 5.91 Å². The van der Waals surface area contributed by atoms with E-state index in [0.29, 0.717) is 11.1 Å². The minimum absolute atomic E-state index is 0.0643. The van der Waals surface area contributed by atoms with Gasteiger partial charge in [-0.1, -0.05) is 12.1 Å². The highest BCUT2D eigenvalue weighted by atomic mass is 19.3. The van der Waals surface area contributed by atoms with E-state index in [1.807, 2.05) is 24.1 Å². The first-order valence-corrected chi connectivity index (χ1v) is 8.69. The minimum atomic E-state index is -2.88. The second kappa shape index (κ2) is 8.16. The van der Waals surface area contributed by atoms with E-state index in [0.717, 1.165) is 24.4 Å². The van der Waals surface area contributed by atoms with Crippen molar-refractivity contribution >= 4 is 17.3 Å². The van der Waals surface area contributed by atoms with Gasteiger partial charge in [0.1, 0.15) is 5.75 Å². The number of halogens is 2. The van der Waals surface area contributed by atoms with Gasteiger partial charge in [0.05, 0.1) is 11.7 Å². The summed E-state index contributed by atoms with van der Waals surface area (Å²) in [6.07, 6.45) is 0.939. The standard InChI is InChI=1S/C20H21F2N3O2/c1-13-10-11-25(24-13)17-8-6-15(7-9-17)19(26)23-14(2)16-4-3-5-18(12-16)27-20(21)22/h3-9,12,14,20H,10-11H2,1-2H3,(H,23,26). The first kappa shape index (κ1) is 18.8. The van der Waals surface area contributed by atoms with Gasteiger partial charge in [-0.2, -0.15) is 13.9 Å². The van der Waals surface area contributed by atoms with Crippen molar-refractivity contribution in [2.24, 2.45) is 5.10 Å². The van der Waals surface area contributed by atoms with Gasteiger partial charge in [-0.05, 0) is 55.8 Å². The molecule has 2 aromatic rings. The minimum Gasteiger partial charge on any atom is -0.435 e. The molecule has 0 aliphatic carbocycles. The zero-order valence-electron chi connectivity index (χ0n) is 15.2. The summed E-state index contributed by atoms with van der Waals surface area (Å²) in [5.74, 6) is -0.176. The van der Waals surface area contributed by atoms with E-state index in [-0.39, 0.29) is 17.7 Å². The van der Waals surface area contributed by atoms with E-state index >= 15 is 0 Å². The first-order valence-electron chi connectivity index (χ1n) is 8.69. The Morgan fingerprint density at radius 1 is 1.22 bits per heavy atom. The van der Waals surface area contributed by atoms with Gasteiger partial charge < -0.3 is 10.1 Å². The molecule has 3 rings (SSSR count). The molecular formula is C20H21F2N3O2. The predicted octanol–water partition coefficient (Wildman–Crippen LogP) is 4.37. The van der Waals surface area contributed by atoms with Crippen molar-refractivity contribution in [1.82, 2.24) is 5.32 Å². The number of benzene rings is 2. The number of rotatable bonds is 6. The van der Waals surface area contributed by atoms with Crippen LogP contribution in [0.3, 0.4) is 0 Å². The predicted molar refractivity (Wildman–Crippen MR) is 100 cm³/mol. The van der Waals surface area contributed by atoms with Crippen LogP contribution >= 0.6 is 0 Å². The summed E-state index contributed by atoms with van der Waals surface area (Å²) < 4.78 is 29.1. The Labute approximate surface area is 156 Å². The molecule has 1 atom stereocenters. The van der Waals surface area contributed by atoms with Crippen LogP contribution in [-0.4, -0.2) is 24.8 Å². The molecule has 1 aliphatic rings. The molecule has 1 heterocycles. The van der Waals surface area contributed by atoms with Crippen LogP contribution in [-0.2, 0) is 0 Å². The topological polar surface area (TPSA) is 53.9 Å². The quantitative estimate of drug-likeness (QED) is 0.818. The summed E-state index contributed by atoms with van der Waals surface area (Å²) in [4.78, 5) is 12.5. The fourth-order valence-corrected chi connectivity index (χ4v) is 2.87. The molecule has 1 unspecified atom stereocenters. The van der Waals surface area contributed by atoms with E-state index < -0.39 is 6.61 Å². The summed E-state index contributed by atoms with van der Waals surface area (Å²) in [5.41, 5.74) is 3.22. The molecule has 7 heteroatoms. The lowest BCUT2D eigenvalue weighted by atomic mass is 10.1. The Morgan fingerprint density at radius 3 is 2.59 bits per heavy atom. The largest absolute Gasteiger partial charge is 0.435 e. The SMILES string of the molecule is CC1=NN(c2ccc(C(=O)NC(C)c3cccc(OC(F)F)c3)cc2)CC1. The highest BCUT2D eigenvalue weighted by molar-refractivity contribution is 5.95. The second-order valence-corrected chi connectivity index (χ2v) is 6.40. The molecule has 0 bridgehead atoms. The van der Waals surface area contributed by atoms with E-state index in [4.69, 9.17) is 0 Å². The fraction of sp³-hybridized carbons (Fsp3) is 0.300. The Bertz CT molecular complexity index is 837. The molecule has 0 saturated heterocycles. The van der Waals surface area contributed by atoms with Crippen LogP contribution in [0.4, 0.5) is 14.5 Å². The van der Waals surface area contributed by atoms with Gasteiger partial charge in [0, 0.05) is 24.2 Å². The molecule has 0 spiro atoms. The average Bonchev–Trinajstić information content (AvgIpc) is 3.08. The number of carbonyl (C=O) groups excluding carboxylic acids is 1. The normalized spacial score (nSPS) is 14.9. The molecule has 0 fully saturated rings. The number of amides is 1. The maximum absolute atomic E-state index is 12.5. The third-order valence-corrected chi connectivity index (χ3v) is 4.34. The molecule has 2 aromatic carbocycles. The molecular weight excluding hydrogens is 352 g/mol. The van der Waals surface area contributed by atoms with E-state index in [1.165, 1.54) is 12.1 Å². The number of hydrazone groups is 1. The highest BCUT2D eigenvalue weighted by Crippen LogP contribution is 2.22. The van der Waals surface area contributed by atoms with Crippen molar-refractivity contribution in [3.63, 3.8) is 0 Å². The molecule has 27 heavy (non-hydrogen) atoms. The van der Waals surface area contributed by atoms with E-state index in [2.05, 4.69) is 15.2 Å². The Kier molecular flexibility index (Phi) is 5.69. The van der Waals surface area contributed by atoms with Crippen LogP contribution in [0.2, 0.25) is 0 Å². The smallest absolute Gasteiger partial charge is 0.387 e. The van der Waals surface area contributed by atoms with Crippen molar-refractivity contribution in [2.75, 3.05) is 11.6 Å². The van der Waals surface area contributed by atoms with Crippen molar-refractivity contribution in [3.8, 4) is 5.75 Å². The second-order valence-electron chi connectivity index (χ2n) is 6.40. The van der Waals surface area contributed by atoms with Gasteiger partial charge >= 0.3 is 6.61 Å². The van der Waals surface area contributed by atoms with Gasteiger partial charge in [-0.15, -0.1) is 0 Å². The van der Waals surface area contributed by atoms with E-state index in [1.54, 1.807) is 31.2 Å². The lowest BCUT2D eigenvalue weighted by Gasteiger charge is -2.17. The average molecular weight is 373 g/mol. The van der Waals surface area contributed by atoms with Crippen molar-refractivity contribution < 1.29 is 18.3 Å². The van der Waals surface area contributed by atoms with Gasteiger partial charge in [-0.3, -0.25) is 9.80 Å². The van der Waals surface area contributed by atoms with Crippen molar-refractivity contribution in [2.45, 2.75) is 32.9 Å². The Hall–Kier alpha value is -2.96. The molecule has 142 valence electrons. The number of hydrogen-bond donors (Lipinski definition) is 1. The van der Waals surface area contributed by atoms with Crippen molar-refractivity contribution in [1.29, 1.82) is 0 Å². The molecule has 0 aromatic heterocycles. The van der Waals surface area contributed by atoms with Crippen LogP contribution in [0.5, 0.6) is 5.75 Å². The first-order chi connectivity index (χ1) is 12.9. The Balaban J connectivity index is 1.64. The molecule has 1 N–H and O–H groups in total. The lowest BCUT2D eigenvalue weighted by molar-refractivity contribution is -0.0499. The van der Waals surface area contributed by atoms with Crippen LogP contribution in [0.25, 0.3) is 0 Å². The number of anilines is 1. The monoisotopic (exact) mass is 373 g/mol. The molecule has 0 saturated carbocycles. The highest BCUT2D eigenvalue weighted by Gasteiger charge is 2.15. The zero-order chi connectivity index (χ0) is 19.4. The van der Waals surface area contributed by atoms with Crippen LogP contribution in [0.15, 0.2) is 53.6 Å². The van der Waals surface area contributed by atoms with Gasteiger partial charge in [0.15, 0.2) is 0 Å². The number of nitrogens with zero attached hydrogens (tertiary/aromatic N) is 2. The third kappa shape index (κ3) is 4.81. The van der Waals surface area contributed by atoms with Gasteiger partial charge in [-0.25, -0.2) is 0 Å². The number of ether oxygens (including phenoxy) is 1. The fourth-order valence-electron chi connectivity index (χ4n) is 2.87. The maximum Gasteiger partial charge on any atom is 0.387 e. The summed E-state index contributed by atoms with van der Waals surface area (Å²) in [5, 5.41) is 9.21. The Morgan fingerprint density at radius 2 is 1.96 bits per heavy atom. The van der Waals surface area contributed by atoms with Crippen LogP contribution in [0.1, 0.15) is 42.2 Å². The molecule has 1 aliphatic heterocycles. The number of nitrogens with one attached hydrogen (secondary N) is 1. The molecule has 0 radical (unpaired) electrons. The number of hydrogen-bond acceptors (Lipinski definition) is 4.